The number of nitro groups is 1. The fourth-order valence-electron chi connectivity index (χ4n) is 2.52. The van der Waals surface area contributed by atoms with Crippen LogP contribution < -0.4 is 11.1 Å². The standard InChI is InChI=1S/C20H13N9O3S/c1-11(30)24-18-8-14(23)2-4-17(18)26-28-20-13(10-22)7-19(33-20)27-25-16-5-3-15(29(31)32)6-12(16)9-21/h2-8H,23H2,1H3,(H,24,30). The first-order valence-electron chi connectivity index (χ1n) is 9.03. The van der Waals surface area contributed by atoms with Crippen LogP contribution in [0.5, 0.6) is 0 Å². The molecule has 162 valence electrons. The van der Waals surface area contributed by atoms with Gasteiger partial charge in [0.15, 0.2) is 5.00 Å². The molecule has 3 aromatic rings. The van der Waals surface area contributed by atoms with Gasteiger partial charge in [-0.05, 0) is 30.3 Å². The van der Waals surface area contributed by atoms with Gasteiger partial charge in [0.2, 0.25) is 5.91 Å². The molecule has 1 amide bonds. The van der Waals surface area contributed by atoms with Crippen LogP contribution >= 0.6 is 11.3 Å². The topological polar surface area (TPSA) is 195 Å². The molecule has 0 saturated heterocycles. The number of hydrogen-bond donors (Lipinski definition) is 2. The summed E-state index contributed by atoms with van der Waals surface area (Å²) >= 11 is 1.02. The molecule has 1 heterocycles. The number of amides is 1. The van der Waals surface area contributed by atoms with Crippen LogP contribution in [0.15, 0.2) is 62.9 Å². The second kappa shape index (κ2) is 9.86. The predicted octanol–water partition coefficient (Wildman–Crippen LogP) is 5.77. The number of azo groups is 2. The van der Waals surface area contributed by atoms with Crippen LogP contribution in [0.2, 0.25) is 0 Å². The third-order valence-corrected chi connectivity index (χ3v) is 4.87. The van der Waals surface area contributed by atoms with Crippen LogP contribution in [0.4, 0.5) is 38.4 Å². The lowest BCUT2D eigenvalue weighted by Gasteiger charge is -2.06. The molecular weight excluding hydrogens is 446 g/mol. The van der Waals surface area contributed by atoms with Gasteiger partial charge < -0.3 is 11.1 Å². The number of nitriles is 2. The van der Waals surface area contributed by atoms with Gasteiger partial charge in [0, 0.05) is 24.7 Å². The fourth-order valence-corrected chi connectivity index (χ4v) is 3.27. The lowest BCUT2D eigenvalue weighted by Crippen LogP contribution is -2.06. The van der Waals surface area contributed by atoms with Crippen molar-refractivity contribution in [1.29, 1.82) is 10.5 Å². The van der Waals surface area contributed by atoms with Crippen LogP contribution in [0, 0.1) is 32.8 Å². The number of carbonyl (C=O) groups is 1. The Morgan fingerprint density at radius 1 is 1.03 bits per heavy atom. The summed E-state index contributed by atoms with van der Waals surface area (Å²) in [6.45, 7) is 1.34. The molecule has 2 aromatic carbocycles. The van der Waals surface area contributed by atoms with Gasteiger partial charge in [0.25, 0.3) is 5.69 Å². The van der Waals surface area contributed by atoms with Crippen LogP contribution in [0.25, 0.3) is 0 Å². The number of nitrogens with one attached hydrogen (secondary N) is 1. The van der Waals surface area contributed by atoms with Crippen LogP contribution in [0.1, 0.15) is 18.1 Å². The zero-order valence-electron chi connectivity index (χ0n) is 16.9. The molecule has 0 radical (unpaired) electrons. The number of nitrogen functional groups attached to an aromatic ring is 1. The van der Waals surface area contributed by atoms with Crippen molar-refractivity contribution in [3.05, 3.63) is 63.7 Å². The normalized spacial score (nSPS) is 10.8. The minimum atomic E-state index is -0.615. The molecule has 0 bridgehead atoms. The van der Waals surface area contributed by atoms with E-state index in [0.29, 0.717) is 22.1 Å². The van der Waals surface area contributed by atoms with Crippen molar-refractivity contribution in [1.82, 2.24) is 0 Å². The quantitative estimate of drug-likeness (QED) is 0.203. The summed E-state index contributed by atoms with van der Waals surface area (Å²) in [6, 6.07) is 13.6. The van der Waals surface area contributed by atoms with E-state index in [-0.39, 0.29) is 33.4 Å². The Labute approximate surface area is 190 Å². The number of nitrogens with two attached hydrogens (primary N) is 1. The lowest BCUT2D eigenvalue weighted by atomic mass is 10.2. The Balaban J connectivity index is 1.89. The van der Waals surface area contributed by atoms with Crippen molar-refractivity contribution in [2.45, 2.75) is 6.92 Å². The third kappa shape index (κ3) is 5.57. The summed E-state index contributed by atoms with van der Waals surface area (Å²) in [5.41, 5.74) is 6.95. The lowest BCUT2D eigenvalue weighted by molar-refractivity contribution is -0.384. The first-order chi connectivity index (χ1) is 15.8. The van der Waals surface area contributed by atoms with E-state index in [1.165, 1.54) is 31.2 Å². The molecule has 0 saturated carbocycles. The number of nitro benzene ring substituents is 1. The molecule has 0 aliphatic rings. The SMILES string of the molecule is CC(=O)Nc1cc(N)ccc1N=Nc1sc(N=Nc2ccc([N+](=O)[O-])cc2C#N)cc1C#N. The second-order valence-corrected chi connectivity index (χ2v) is 7.35. The predicted molar refractivity (Wildman–Crippen MR) is 120 cm³/mol. The summed E-state index contributed by atoms with van der Waals surface area (Å²) in [7, 11) is 0. The monoisotopic (exact) mass is 459 g/mol. The van der Waals surface area contributed by atoms with E-state index >= 15 is 0 Å². The largest absolute Gasteiger partial charge is 0.399 e. The highest BCUT2D eigenvalue weighted by molar-refractivity contribution is 7.19. The van der Waals surface area contributed by atoms with E-state index in [0.717, 1.165) is 17.4 Å². The van der Waals surface area contributed by atoms with Gasteiger partial charge in [0.1, 0.15) is 28.5 Å². The molecule has 0 atom stereocenters. The number of hydrogen-bond acceptors (Lipinski definition) is 11. The van der Waals surface area contributed by atoms with Crippen LogP contribution in [-0.2, 0) is 4.79 Å². The number of non-ortho nitro benzene ring substituents is 1. The fraction of sp³-hybridized carbons (Fsp3) is 0.0500. The van der Waals surface area contributed by atoms with Gasteiger partial charge in [-0.3, -0.25) is 14.9 Å². The highest BCUT2D eigenvalue weighted by atomic mass is 32.1. The highest BCUT2D eigenvalue weighted by Gasteiger charge is 2.12. The van der Waals surface area contributed by atoms with Gasteiger partial charge in [-0.1, -0.05) is 11.3 Å². The number of anilines is 2. The molecule has 0 aliphatic carbocycles. The van der Waals surface area contributed by atoms with E-state index in [1.807, 2.05) is 12.1 Å². The van der Waals surface area contributed by atoms with E-state index in [1.54, 1.807) is 12.1 Å². The van der Waals surface area contributed by atoms with E-state index in [4.69, 9.17) is 5.73 Å². The maximum atomic E-state index is 11.4. The molecule has 1 aromatic heterocycles. The Bertz CT molecular complexity index is 1400. The molecule has 33 heavy (non-hydrogen) atoms. The van der Waals surface area contributed by atoms with E-state index in [9.17, 15) is 25.4 Å². The minimum absolute atomic E-state index is 0.0150. The van der Waals surface area contributed by atoms with Gasteiger partial charge in [-0.2, -0.15) is 10.5 Å². The minimum Gasteiger partial charge on any atom is -0.399 e. The highest BCUT2D eigenvalue weighted by Crippen LogP contribution is 2.39. The van der Waals surface area contributed by atoms with Gasteiger partial charge in [-0.15, -0.1) is 20.5 Å². The van der Waals surface area contributed by atoms with Crippen molar-refractivity contribution in [2.24, 2.45) is 20.5 Å². The summed E-state index contributed by atoms with van der Waals surface area (Å²) in [5.74, 6) is -0.309. The molecular formula is C20H13N9O3S. The van der Waals surface area contributed by atoms with Crippen molar-refractivity contribution >= 4 is 55.7 Å². The molecule has 0 unspecified atom stereocenters. The number of thiophene rings is 1. The summed E-state index contributed by atoms with van der Waals surface area (Å²) in [4.78, 5) is 21.6. The maximum absolute atomic E-state index is 11.4. The smallest absolute Gasteiger partial charge is 0.270 e. The zero-order chi connectivity index (χ0) is 24.0. The summed E-state index contributed by atoms with van der Waals surface area (Å²) < 4.78 is 0. The average molecular weight is 459 g/mol. The zero-order valence-corrected chi connectivity index (χ0v) is 17.7. The maximum Gasteiger partial charge on any atom is 0.270 e. The first-order valence-corrected chi connectivity index (χ1v) is 9.85. The average Bonchev–Trinajstić information content (AvgIpc) is 3.18. The van der Waals surface area contributed by atoms with Gasteiger partial charge in [0.05, 0.1) is 21.7 Å². The molecule has 0 spiro atoms. The Hall–Kier alpha value is -5.01. The van der Waals surface area contributed by atoms with Crippen LogP contribution in [0.3, 0.4) is 0 Å². The number of carbonyl (C=O) groups excluding carboxylic acids is 1. The van der Waals surface area contributed by atoms with Crippen molar-refractivity contribution in [3.8, 4) is 12.1 Å². The van der Waals surface area contributed by atoms with Crippen LogP contribution in [-0.4, -0.2) is 10.8 Å². The molecule has 12 nitrogen and oxygen atoms in total. The Kier molecular flexibility index (Phi) is 6.78. The number of nitrogens with zero attached hydrogens (tertiary/aromatic N) is 7. The van der Waals surface area contributed by atoms with E-state index < -0.39 is 4.92 Å². The summed E-state index contributed by atoms with van der Waals surface area (Å²) in [6.07, 6.45) is 0. The summed E-state index contributed by atoms with van der Waals surface area (Å²) in [5, 5.41) is 48.8. The molecule has 13 heteroatoms. The van der Waals surface area contributed by atoms with Crippen molar-refractivity contribution in [3.63, 3.8) is 0 Å². The van der Waals surface area contributed by atoms with Crippen molar-refractivity contribution in [2.75, 3.05) is 11.1 Å². The number of rotatable bonds is 6. The van der Waals surface area contributed by atoms with Crippen molar-refractivity contribution < 1.29 is 9.72 Å². The molecule has 0 aliphatic heterocycles. The third-order valence-electron chi connectivity index (χ3n) is 3.97. The Morgan fingerprint density at radius 2 is 1.73 bits per heavy atom. The molecule has 3 rings (SSSR count). The number of benzene rings is 2. The van der Waals surface area contributed by atoms with Gasteiger partial charge in [-0.25, -0.2) is 0 Å². The second-order valence-electron chi connectivity index (χ2n) is 6.34. The van der Waals surface area contributed by atoms with Gasteiger partial charge >= 0.3 is 0 Å². The first kappa shape index (κ1) is 22.7. The molecule has 0 fully saturated rings. The molecule has 3 N–H and O–H groups in total. The van der Waals surface area contributed by atoms with E-state index in [2.05, 4.69) is 25.8 Å². The Morgan fingerprint density at radius 3 is 2.39 bits per heavy atom.